The number of carbonyl (C=O) groups is 1. The minimum atomic E-state index is -0.232. The summed E-state index contributed by atoms with van der Waals surface area (Å²) < 4.78 is 13.0. The lowest BCUT2D eigenvalue weighted by Crippen LogP contribution is -2.30. The van der Waals surface area contributed by atoms with E-state index in [0.29, 0.717) is 6.42 Å². The Hall–Kier alpha value is -2.80. The van der Waals surface area contributed by atoms with E-state index in [0.717, 1.165) is 60.1 Å². The molecule has 2 aromatic heterocycles. The van der Waals surface area contributed by atoms with Gasteiger partial charge in [0.25, 0.3) is 0 Å². The second-order valence-corrected chi connectivity index (χ2v) is 9.16. The fourth-order valence-corrected chi connectivity index (χ4v) is 4.78. The van der Waals surface area contributed by atoms with Gasteiger partial charge in [-0.1, -0.05) is 18.2 Å². The molecule has 1 amide bonds. The lowest BCUT2D eigenvalue weighted by molar-refractivity contribution is -0.132. The molecule has 31 heavy (non-hydrogen) atoms. The van der Waals surface area contributed by atoms with E-state index in [2.05, 4.69) is 17.2 Å². The molecule has 1 aliphatic rings. The zero-order chi connectivity index (χ0) is 21.8. The average molecular weight is 439 g/mol. The number of nitrogens with zero attached hydrogens (tertiary/aromatic N) is 3. The van der Waals surface area contributed by atoms with Gasteiger partial charge in [-0.3, -0.25) is 4.79 Å². The summed E-state index contributed by atoms with van der Waals surface area (Å²) in [6, 6.07) is 12.4. The van der Waals surface area contributed by atoms with E-state index in [9.17, 15) is 9.18 Å². The first-order chi connectivity index (χ1) is 15.0. The maximum Gasteiger partial charge on any atom is 0.223 e. The van der Waals surface area contributed by atoms with E-state index in [1.54, 1.807) is 23.5 Å². The van der Waals surface area contributed by atoms with Crippen LogP contribution >= 0.6 is 11.3 Å². The molecule has 1 aliphatic heterocycles. The maximum absolute atomic E-state index is 13.0. The summed E-state index contributed by atoms with van der Waals surface area (Å²) in [5.41, 5.74) is 3.00. The molecule has 4 rings (SSSR count). The molecule has 1 aromatic carbocycles. The van der Waals surface area contributed by atoms with E-state index in [-0.39, 0.29) is 17.8 Å². The van der Waals surface area contributed by atoms with Crippen molar-refractivity contribution < 1.29 is 9.18 Å². The van der Waals surface area contributed by atoms with E-state index in [1.165, 1.54) is 17.0 Å². The van der Waals surface area contributed by atoms with Crippen LogP contribution in [-0.4, -0.2) is 27.3 Å². The van der Waals surface area contributed by atoms with E-state index in [4.69, 9.17) is 4.98 Å². The number of carbonyl (C=O) groups excluding carboxylic acids is 1. The minimum Gasteiger partial charge on any atom is -0.334 e. The molecule has 3 heterocycles. The van der Waals surface area contributed by atoms with Crippen LogP contribution in [0.1, 0.15) is 53.6 Å². The van der Waals surface area contributed by atoms with Crippen molar-refractivity contribution in [3.63, 3.8) is 0 Å². The van der Waals surface area contributed by atoms with Crippen LogP contribution in [0, 0.1) is 19.7 Å². The zero-order valence-electron chi connectivity index (χ0n) is 17.9. The Bertz CT molecular complexity index is 1030. The van der Waals surface area contributed by atoms with Gasteiger partial charge >= 0.3 is 0 Å². The van der Waals surface area contributed by atoms with Gasteiger partial charge in [-0.15, -0.1) is 11.3 Å². The second-order valence-electron chi connectivity index (χ2n) is 7.96. The van der Waals surface area contributed by atoms with E-state index >= 15 is 0 Å². The van der Waals surface area contributed by atoms with Gasteiger partial charge in [-0.05, 0) is 69.4 Å². The van der Waals surface area contributed by atoms with Crippen molar-refractivity contribution in [2.24, 2.45) is 0 Å². The topological polar surface area (TPSA) is 58.1 Å². The second kappa shape index (κ2) is 9.56. The molecule has 0 bridgehead atoms. The number of hydrogen-bond donors (Lipinski definition) is 1. The van der Waals surface area contributed by atoms with Crippen LogP contribution in [0.4, 0.5) is 15.3 Å². The molecular formula is C24H27FN4OS. The Labute approximate surface area is 186 Å². The number of aryl methyl sites for hydroxylation is 3. The van der Waals surface area contributed by atoms with Gasteiger partial charge in [0, 0.05) is 17.8 Å². The summed E-state index contributed by atoms with van der Waals surface area (Å²) in [6.07, 6.45) is 3.93. The number of anilines is 2. The monoisotopic (exact) mass is 438 g/mol. The van der Waals surface area contributed by atoms with Gasteiger partial charge in [-0.25, -0.2) is 14.4 Å². The van der Waals surface area contributed by atoms with Gasteiger partial charge in [0.05, 0.1) is 17.4 Å². The first-order valence-electron chi connectivity index (χ1n) is 10.7. The highest BCUT2D eigenvalue weighted by Gasteiger charge is 2.30. The van der Waals surface area contributed by atoms with Crippen molar-refractivity contribution in [1.29, 1.82) is 0 Å². The molecule has 1 atom stereocenters. The van der Waals surface area contributed by atoms with Crippen molar-refractivity contribution in [1.82, 2.24) is 14.9 Å². The van der Waals surface area contributed by atoms with Crippen LogP contribution in [0.25, 0.3) is 0 Å². The highest BCUT2D eigenvalue weighted by Crippen LogP contribution is 2.33. The molecule has 1 fully saturated rings. The third-order valence-electron chi connectivity index (χ3n) is 5.72. The van der Waals surface area contributed by atoms with Crippen molar-refractivity contribution in [2.75, 3.05) is 11.9 Å². The fourth-order valence-electron chi connectivity index (χ4n) is 3.95. The first kappa shape index (κ1) is 21.4. The fraction of sp³-hybridized carbons (Fsp3) is 0.375. The minimum absolute atomic E-state index is 0.0137. The number of nitrogens with one attached hydrogen (secondary N) is 1. The SMILES string of the molecule is Cc1nc(Nc2cccc([C@H]3CCCN3C(=O)CCCc3ccc(F)cc3)n2)sc1C. The lowest BCUT2D eigenvalue weighted by atomic mass is 10.1. The maximum atomic E-state index is 13.0. The highest BCUT2D eigenvalue weighted by molar-refractivity contribution is 7.15. The molecule has 5 nitrogen and oxygen atoms in total. The molecule has 0 saturated carbocycles. The number of benzene rings is 1. The number of aromatic nitrogens is 2. The Morgan fingerprint density at radius 3 is 2.74 bits per heavy atom. The normalized spacial score (nSPS) is 16.0. The molecule has 0 spiro atoms. The van der Waals surface area contributed by atoms with E-state index < -0.39 is 0 Å². The Morgan fingerprint density at radius 2 is 2.00 bits per heavy atom. The van der Waals surface area contributed by atoms with Crippen molar-refractivity contribution in [3.05, 3.63) is 70.1 Å². The number of pyridine rings is 1. The summed E-state index contributed by atoms with van der Waals surface area (Å²) in [7, 11) is 0. The van der Waals surface area contributed by atoms with Crippen LogP contribution in [-0.2, 0) is 11.2 Å². The number of halogens is 1. The highest BCUT2D eigenvalue weighted by atomic mass is 32.1. The molecule has 1 N–H and O–H groups in total. The molecule has 162 valence electrons. The van der Waals surface area contributed by atoms with Gasteiger partial charge < -0.3 is 10.2 Å². The zero-order valence-corrected chi connectivity index (χ0v) is 18.7. The summed E-state index contributed by atoms with van der Waals surface area (Å²) in [4.78, 5) is 25.4. The quantitative estimate of drug-likeness (QED) is 0.512. The molecule has 7 heteroatoms. The van der Waals surface area contributed by atoms with Crippen molar-refractivity contribution in [3.8, 4) is 0 Å². The van der Waals surface area contributed by atoms with Crippen LogP contribution in [0.3, 0.4) is 0 Å². The number of hydrogen-bond acceptors (Lipinski definition) is 5. The smallest absolute Gasteiger partial charge is 0.223 e. The standard InChI is InChI=1S/C24H27FN4OS/c1-16-17(2)31-24(26-16)28-22-9-4-7-20(27-22)21-8-5-15-29(21)23(30)10-3-6-18-11-13-19(25)14-12-18/h4,7,9,11-14,21H,3,5-6,8,10,15H2,1-2H3,(H,26,27,28)/t21-/m1/s1. The van der Waals surface area contributed by atoms with Gasteiger partial charge in [0.15, 0.2) is 5.13 Å². The Kier molecular flexibility index (Phi) is 6.61. The van der Waals surface area contributed by atoms with Crippen molar-refractivity contribution >= 4 is 28.2 Å². The molecule has 3 aromatic rings. The lowest BCUT2D eigenvalue weighted by Gasteiger charge is -2.24. The summed E-state index contributed by atoms with van der Waals surface area (Å²) >= 11 is 1.61. The number of amides is 1. The van der Waals surface area contributed by atoms with Crippen molar-refractivity contribution in [2.45, 2.75) is 52.0 Å². The Balaban J connectivity index is 1.38. The predicted octanol–water partition coefficient (Wildman–Crippen LogP) is 5.72. The number of thiazole rings is 1. The average Bonchev–Trinajstić information content (AvgIpc) is 3.36. The third-order valence-corrected chi connectivity index (χ3v) is 6.71. The number of likely N-dealkylation sites (tertiary alicyclic amines) is 1. The summed E-state index contributed by atoms with van der Waals surface area (Å²) in [6.45, 7) is 4.82. The molecule has 1 saturated heterocycles. The third kappa shape index (κ3) is 5.28. The summed E-state index contributed by atoms with van der Waals surface area (Å²) in [5, 5.41) is 4.13. The summed E-state index contributed by atoms with van der Waals surface area (Å²) in [5.74, 6) is 0.682. The molecular weight excluding hydrogens is 411 g/mol. The number of rotatable bonds is 7. The molecule has 0 unspecified atom stereocenters. The first-order valence-corrected chi connectivity index (χ1v) is 11.5. The molecule has 0 aliphatic carbocycles. The van der Waals surface area contributed by atoms with Gasteiger partial charge in [0.2, 0.25) is 5.91 Å². The van der Waals surface area contributed by atoms with Crippen LogP contribution in [0.5, 0.6) is 0 Å². The largest absolute Gasteiger partial charge is 0.334 e. The predicted molar refractivity (Wildman–Crippen MR) is 122 cm³/mol. The van der Waals surface area contributed by atoms with Crippen LogP contribution < -0.4 is 5.32 Å². The van der Waals surface area contributed by atoms with Gasteiger partial charge in [-0.2, -0.15) is 0 Å². The van der Waals surface area contributed by atoms with Crippen LogP contribution in [0.15, 0.2) is 42.5 Å². The van der Waals surface area contributed by atoms with Gasteiger partial charge in [0.1, 0.15) is 11.6 Å². The molecule has 0 radical (unpaired) electrons. The van der Waals surface area contributed by atoms with E-state index in [1.807, 2.05) is 30.0 Å². The Morgan fingerprint density at radius 1 is 1.19 bits per heavy atom. The van der Waals surface area contributed by atoms with Crippen LogP contribution in [0.2, 0.25) is 0 Å².